The van der Waals surface area contributed by atoms with Crippen molar-refractivity contribution < 1.29 is 3.63 Å². The molecule has 0 amide bonds. The van der Waals surface area contributed by atoms with Crippen molar-refractivity contribution in [2.75, 3.05) is 0 Å². The standard InChI is InChI=1S/C16H10.Ga.HNO2/c1-2-12-8-5-9-15-10-13-6-3-4-7-14(13)11-16(12)15;;2-1-3/h1-7,9-11H;;(H,2,3)/q;+1;/p-1. The Bertz CT molecular complexity index is 873. The van der Waals surface area contributed by atoms with E-state index in [9.17, 15) is 4.91 Å². The topological polar surface area (TPSA) is 38.7 Å². The molecular weight excluding hydrogens is 308 g/mol. The zero-order valence-electron chi connectivity index (χ0n) is 10.6. The molecule has 0 aromatic heterocycles. The van der Waals surface area contributed by atoms with Crippen molar-refractivity contribution in [3.8, 4) is 0 Å². The third kappa shape index (κ3) is 1.69. The summed E-state index contributed by atoms with van der Waals surface area (Å²) in [5.74, 6) is 0. The van der Waals surface area contributed by atoms with Gasteiger partial charge in [0.2, 0.25) is 0 Å². The number of hydrogen-bond acceptors (Lipinski definition) is 3. The van der Waals surface area contributed by atoms with Gasteiger partial charge in [-0.1, -0.05) is 0 Å². The molecule has 3 aromatic rings. The monoisotopic (exact) mass is 317 g/mol. The van der Waals surface area contributed by atoms with Gasteiger partial charge in [-0.3, -0.25) is 0 Å². The summed E-state index contributed by atoms with van der Waals surface area (Å²) in [5.41, 5.74) is 1.20. The molecule has 4 heteroatoms. The molecule has 20 heavy (non-hydrogen) atoms. The van der Waals surface area contributed by atoms with E-state index in [1.807, 2.05) is 10.7 Å². The Morgan fingerprint density at radius 3 is 2.55 bits per heavy atom. The molecule has 4 rings (SSSR count). The molecule has 0 spiro atoms. The maximum absolute atomic E-state index is 10.3. The average molecular weight is 318 g/mol. The maximum atomic E-state index is 10.3. The molecule has 0 saturated carbocycles. The van der Waals surface area contributed by atoms with Crippen molar-refractivity contribution in [1.82, 2.24) is 0 Å². The number of nitrogens with zero attached hydrogens (tertiary/aromatic N) is 1. The molecule has 0 unspecified atom stereocenters. The van der Waals surface area contributed by atoms with Gasteiger partial charge in [-0.25, -0.2) is 0 Å². The van der Waals surface area contributed by atoms with Gasteiger partial charge in [-0.15, -0.1) is 0 Å². The third-order valence-electron chi connectivity index (χ3n) is 3.86. The number of benzene rings is 3. The van der Waals surface area contributed by atoms with Crippen LogP contribution in [0.1, 0.15) is 5.56 Å². The number of rotatable bonds is 2. The van der Waals surface area contributed by atoms with E-state index in [0.717, 1.165) is 0 Å². The molecule has 1 heterocycles. The first kappa shape index (κ1) is 11.8. The van der Waals surface area contributed by atoms with E-state index in [0.29, 0.717) is 0 Å². The Kier molecular flexibility index (Phi) is 2.65. The fourth-order valence-electron chi connectivity index (χ4n) is 2.91. The summed E-state index contributed by atoms with van der Waals surface area (Å²) in [6.45, 7) is 0. The molecule has 0 N–H and O–H groups in total. The Balaban J connectivity index is 2.02. The molecule has 0 fully saturated rings. The van der Waals surface area contributed by atoms with Crippen molar-refractivity contribution in [3.63, 3.8) is 0 Å². The average Bonchev–Trinajstić information content (AvgIpc) is 2.89. The van der Waals surface area contributed by atoms with Crippen LogP contribution in [0.2, 0.25) is 0 Å². The number of hydrogen-bond donors (Lipinski definition) is 0. The van der Waals surface area contributed by atoms with Crippen LogP contribution in [0.5, 0.6) is 0 Å². The normalized spacial score (nSPS) is 12.9. The quantitative estimate of drug-likeness (QED) is 0.314. The second-order valence-electron chi connectivity index (χ2n) is 4.95. The van der Waals surface area contributed by atoms with E-state index in [1.165, 1.54) is 31.2 Å². The molecule has 94 valence electrons. The Morgan fingerprint density at radius 2 is 1.75 bits per heavy atom. The molecule has 1 aliphatic rings. The van der Waals surface area contributed by atoms with Gasteiger partial charge in [0.1, 0.15) is 0 Å². The van der Waals surface area contributed by atoms with Crippen LogP contribution in [-0.4, -0.2) is 16.6 Å². The van der Waals surface area contributed by atoms with Crippen LogP contribution in [0.3, 0.4) is 0 Å². The summed E-state index contributed by atoms with van der Waals surface area (Å²) < 4.78 is 8.27. The van der Waals surface area contributed by atoms with Crippen LogP contribution in [0.4, 0.5) is 0 Å². The van der Waals surface area contributed by atoms with Crippen molar-refractivity contribution >= 4 is 48.3 Å². The molecule has 3 nitrogen and oxygen atoms in total. The number of fused-ring (bicyclic) bond motifs is 4. The summed E-state index contributed by atoms with van der Waals surface area (Å²) in [7, 11) is 0. The first-order valence-electron chi connectivity index (χ1n) is 6.49. The SMILES string of the molecule is O=N[O][Ga]1[CH]=Cc2[c]1ccc1cc3ccccc3cc21. The van der Waals surface area contributed by atoms with Crippen LogP contribution in [-0.2, 0) is 3.63 Å². The van der Waals surface area contributed by atoms with Gasteiger partial charge in [0.15, 0.2) is 0 Å². The summed E-state index contributed by atoms with van der Waals surface area (Å²) >= 11 is -2.31. The Morgan fingerprint density at radius 1 is 0.950 bits per heavy atom. The summed E-state index contributed by atoms with van der Waals surface area (Å²) in [6, 6.07) is 17.0. The minimum absolute atomic E-state index is 1.18. The molecule has 0 atom stereocenters. The fourth-order valence-corrected chi connectivity index (χ4v) is 6.47. The van der Waals surface area contributed by atoms with Gasteiger partial charge in [-0.05, 0) is 0 Å². The first-order valence-corrected chi connectivity index (χ1v) is 10.1. The van der Waals surface area contributed by atoms with Crippen LogP contribution in [0.15, 0.2) is 58.5 Å². The zero-order chi connectivity index (χ0) is 13.5. The molecule has 0 radical (unpaired) electrons. The summed E-state index contributed by atoms with van der Waals surface area (Å²) in [4.78, 5) is 10.3. The second-order valence-corrected chi connectivity index (χ2v) is 9.27. The van der Waals surface area contributed by atoms with Crippen LogP contribution < -0.4 is 4.12 Å². The molecule has 0 saturated heterocycles. The van der Waals surface area contributed by atoms with E-state index in [2.05, 4.69) is 53.9 Å². The van der Waals surface area contributed by atoms with Gasteiger partial charge in [0, 0.05) is 0 Å². The van der Waals surface area contributed by atoms with Crippen molar-refractivity contribution in [1.29, 1.82) is 0 Å². The van der Waals surface area contributed by atoms with Gasteiger partial charge < -0.3 is 0 Å². The van der Waals surface area contributed by atoms with Gasteiger partial charge in [0.05, 0.1) is 0 Å². The van der Waals surface area contributed by atoms with Crippen molar-refractivity contribution in [2.45, 2.75) is 0 Å². The second kappa shape index (κ2) is 4.51. The molecule has 0 bridgehead atoms. The predicted octanol–water partition coefficient (Wildman–Crippen LogP) is 3.46. The molecule has 0 aliphatic carbocycles. The van der Waals surface area contributed by atoms with E-state index < -0.39 is 16.6 Å². The zero-order valence-corrected chi connectivity index (χ0v) is 13.0. The van der Waals surface area contributed by atoms with E-state index in [-0.39, 0.29) is 0 Å². The Hall–Kier alpha value is -2.04. The van der Waals surface area contributed by atoms with Gasteiger partial charge in [-0.2, -0.15) is 0 Å². The fraction of sp³-hybridized carbons (Fsp3) is 0. The van der Waals surface area contributed by atoms with Crippen molar-refractivity contribution in [2.24, 2.45) is 5.34 Å². The predicted molar refractivity (Wildman–Crippen MR) is 82.8 cm³/mol. The van der Waals surface area contributed by atoms with E-state index >= 15 is 0 Å². The van der Waals surface area contributed by atoms with E-state index in [4.69, 9.17) is 3.63 Å². The van der Waals surface area contributed by atoms with E-state index in [1.54, 1.807) is 0 Å². The van der Waals surface area contributed by atoms with Crippen molar-refractivity contribution in [3.05, 3.63) is 63.6 Å². The summed E-state index contributed by atoms with van der Waals surface area (Å²) in [6.07, 6.45) is 2.09. The van der Waals surface area contributed by atoms with Crippen LogP contribution in [0, 0.1) is 4.91 Å². The molecule has 1 aliphatic heterocycles. The van der Waals surface area contributed by atoms with Gasteiger partial charge in [0.25, 0.3) is 0 Å². The van der Waals surface area contributed by atoms with Crippen LogP contribution in [0.25, 0.3) is 27.6 Å². The first-order chi connectivity index (χ1) is 9.86. The molecule has 3 aromatic carbocycles. The van der Waals surface area contributed by atoms with Crippen LogP contribution >= 0.6 is 0 Å². The Labute approximate surface area is 121 Å². The summed E-state index contributed by atoms with van der Waals surface area (Å²) in [5, 5.41) is 7.54. The minimum atomic E-state index is -2.31. The third-order valence-corrected chi connectivity index (χ3v) is 8.00. The van der Waals surface area contributed by atoms with Gasteiger partial charge >= 0.3 is 121 Å². The molecular formula is C16H10GaNO2.